The van der Waals surface area contributed by atoms with Crippen LogP contribution in [0.1, 0.15) is 12.8 Å². The number of β-amino-alcohol motifs (C(OH)–C–C–N with tert-alkyl or cyclic N) is 1. The number of amides is 2. The van der Waals surface area contributed by atoms with Crippen molar-refractivity contribution in [1.82, 2.24) is 4.90 Å². The van der Waals surface area contributed by atoms with Gasteiger partial charge in [-0.2, -0.15) is 0 Å². The highest BCUT2D eigenvalue weighted by molar-refractivity contribution is 6.04. The molecule has 3 aliphatic heterocycles. The summed E-state index contributed by atoms with van der Waals surface area (Å²) in [6.45, 7) is 3.51. The Labute approximate surface area is 179 Å². The molecule has 166 valence electrons. The van der Waals surface area contributed by atoms with Crippen molar-refractivity contribution >= 4 is 23.5 Å². The van der Waals surface area contributed by atoms with Gasteiger partial charge in [-0.15, -0.1) is 6.58 Å². The number of hydrogen-bond acceptors (Lipinski definition) is 6. The summed E-state index contributed by atoms with van der Waals surface area (Å²) >= 11 is 0. The fourth-order valence-corrected chi connectivity index (χ4v) is 5.42. The smallest absolute Gasteiger partial charge is 0.310 e. The van der Waals surface area contributed by atoms with Gasteiger partial charge in [0, 0.05) is 18.8 Å². The largest absolute Gasteiger partial charge is 0.497 e. The molecule has 4 rings (SSSR count). The van der Waals surface area contributed by atoms with Crippen LogP contribution in [0.15, 0.2) is 36.9 Å². The first-order chi connectivity index (χ1) is 14.9. The van der Waals surface area contributed by atoms with E-state index in [1.54, 1.807) is 37.5 Å². The Bertz CT molecular complexity index is 902. The number of nitrogens with zero attached hydrogens (tertiary/aromatic N) is 2. The second-order valence-corrected chi connectivity index (χ2v) is 8.08. The molecule has 0 aliphatic carbocycles. The summed E-state index contributed by atoms with van der Waals surface area (Å²) in [6.07, 6.45) is 1.88. The molecule has 9 nitrogen and oxygen atoms in total. The molecule has 1 aromatic rings. The molecule has 2 N–H and O–H groups in total. The van der Waals surface area contributed by atoms with Crippen LogP contribution in [-0.2, 0) is 19.1 Å². The van der Waals surface area contributed by atoms with Crippen LogP contribution < -0.4 is 9.64 Å². The van der Waals surface area contributed by atoms with E-state index in [9.17, 15) is 24.6 Å². The van der Waals surface area contributed by atoms with Crippen LogP contribution in [-0.4, -0.2) is 77.4 Å². The number of carbonyl (C=O) groups excluding carboxylic acids is 2. The Morgan fingerprint density at radius 2 is 2.10 bits per heavy atom. The van der Waals surface area contributed by atoms with E-state index in [1.807, 2.05) is 0 Å². The number of ether oxygens (including phenoxy) is 2. The monoisotopic (exact) mass is 430 g/mol. The van der Waals surface area contributed by atoms with E-state index >= 15 is 0 Å². The maximum Gasteiger partial charge on any atom is 0.310 e. The molecule has 1 spiro atoms. The molecular weight excluding hydrogens is 404 g/mol. The molecule has 0 unspecified atom stereocenters. The lowest BCUT2D eigenvalue weighted by Crippen LogP contribution is -2.56. The molecule has 3 heterocycles. The summed E-state index contributed by atoms with van der Waals surface area (Å²) in [5.74, 6) is -3.23. The average Bonchev–Trinajstić information content (AvgIpc) is 3.40. The number of aliphatic hydroxyl groups excluding tert-OH is 1. The summed E-state index contributed by atoms with van der Waals surface area (Å²) in [5.41, 5.74) is -0.618. The van der Waals surface area contributed by atoms with Gasteiger partial charge in [0.1, 0.15) is 17.4 Å². The highest BCUT2D eigenvalue weighted by Crippen LogP contribution is 2.58. The maximum absolute atomic E-state index is 13.9. The van der Waals surface area contributed by atoms with Gasteiger partial charge in [-0.05, 0) is 37.1 Å². The van der Waals surface area contributed by atoms with Crippen molar-refractivity contribution in [2.75, 3.05) is 31.7 Å². The molecule has 5 atom stereocenters. The number of aliphatic hydroxyl groups is 1. The Kier molecular flexibility index (Phi) is 5.49. The zero-order valence-corrected chi connectivity index (χ0v) is 17.3. The summed E-state index contributed by atoms with van der Waals surface area (Å²) < 4.78 is 11.3. The lowest BCUT2D eigenvalue weighted by Gasteiger charge is -2.36. The number of likely N-dealkylation sites (tertiary alicyclic amines) is 1. The van der Waals surface area contributed by atoms with Gasteiger partial charge in [0.25, 0.3) is 5.91 Å². The van der Waals surface area contributed by atoms with E-state index in [2.05, 4.69) is 6.58 Å². The second-order valence-electron chi connectivity index (χ2n) is 8.08. The van der Waals surface area contributed by atoms with Crippen molar-refractivity contribution in [3.63, 3.8) is 0 Å². The van der Waals surface area contributed by atoms with Crippen LogP contribution in [0.25, 0.3) is 0 Å². The molecule has 2 amide bonds. The van der Waals surface area contributed by atoms with Crippen LogP contribution in [0, 0.1) is 11.8 Å². The molecule has 3 saturated heterocycles. The highest BCUT2D eigenvalue weighted by Gasteiger charge is 2.74. The fraction of sp³-hybridized carbons (Fsp3) is 0.500. The topological polar surface area (TPSA) is 117 Å². The van der Waals surface area contributed by atoms with E-state index in [4.69, 9.17) is 9.47 Å². The number of benzene rings is 1. The van der Waals surface area contributed by atoms with Gasteiger partial charge in [0.05, 0.1) is 31.7 Å². The first-order valence-corrected chi connectivity index (χ1v) is 10.3. The number of carboxylic acids is 1. The number of aliphatic carboxylic acids is 1. The van der Waals surface area contributed by atoms with E-state index in [0.29, 0.717) is 24.3 Å². The molecule has 0 aromatic heterocycles. The standard InChI is InChI=1S/C22H26N2O7/c1-3-10-23(13-4-6-14(30-2)7-5-13)20(27)18-22-9-8-15(31-22)16(21(28)29)17(22)19(26)24(18)11-12-25/h3-7,15-18,25H,1,8-12H2,2H3,(H,28,29)/t15-,16+,17+,18-,22+/m1/s1. The van der Waals surface area contributed by atoms with Gasteiger partial charge in [-0.1, -0.05) is 6.08 Å². The minimum absolute atomic E-state index is 0.0710. The number of fused-ring (bicyclic) bond motifs is 1. The van der Waals surface area contributed by atoms with E-state index in [0.717, 1.165) is 0 Å². The lowest BCUT2D eigenvalue weighted by molar-refractivity contribution is -0.149. The number of hydrogen-bond donors (Lipinski definition) is 2. The van der Waals surface area contributed by atoms with E-state index in [1.165, 1.54) is 9.80 Å². The summed E-state index contributed by atoms with van der Waals surface area (Å²) in [4.78, 5) is 41.8. The Balaban J connectivity index is 1.75. The van der Waals surface area contributed by atoms with Gasteiger partial charge >= 0.3 is 5.97 Å². The molecule has 1 aromatic carbocycles. The van der Waals surface area contributed by atoms with Gasteiger partial charge < -0.3 is 29.5 Å². The van der Waals surface area contributed by atoms with Crippen LogP contribution in [0.2, 0.25) is 0 Å². The van der Waals surface area contributed by atoms with Crippen LogP contribution in [0.5, 0.6) is 5.75 Å². The van der Waals surface area contributed by atoms with Crippen molar-refractivity contribution in [2.24, 2.45) is 11.8 Å². The third kappa shape index (κ3) is 3.11. The SMILES string of the molecule is C=CCN(C(=O)[C@H]1N(CCO)C(=O)[C@@H]2[C@@H](C(=O)O)[C@H]3CC[C@]21O3)c1ccc(OC)cc1. The zero-order chi connectivity index (χ0) is 22.3. The Morgan fingerprint density at radius 3 is 2.68 bits per heavy atom. The number of carboxylic acid groups (broad SMARTS) is 1. The first-order valence-electron chi connectivity index (χ1n) is 10.3. The maximum atomic E-state index is 13.9. The minimum atomic E-state index is -1.21. The fourth-order valence-electron chi connectivity index (χ4n) is 5.42. The Hall–Kier alpha value is -2.91. The summed E-state index contributed by atoms with van der Waals surface area (Å²) in [5, 5.41) is 19.3. The molecule has 0 saturated carbocycles. The average molecular weight is 430 g/mol. The molecular formula is C22H26N2O7. The van der Waals surface area contributed by atoms with Gasteiger partial charge in [-0.3, -0.25) is 14.4 Å². The molecule has 2 bridgehead atoms. The first kappa shape index (κ1) is 21.3. The minimum Gasteiger partial charge on any atom is -0.497 e. The van der Waals surface area contributed by atoms with Crippen molar-refractivity contribution in [2.45, 2.75) is 30.6 Å². The lowest BCUT2D eigenvalue weighted by atomic mass is 9.70. The third-order valence-corrected chi connectivity index (χ3v) is 6.62. The van der Waals surface area contributed by atoms with Crippen LogP contribution >= 0.6 is 0 Å². The molecule has 31 heavy (non-hydrogen) atoms. The normalized spacial score (nSPS) is 30.9. The van der Waals surface area contributed by atoms with Crippen LogP contribution in [0.4, 0.5) is 5.69 Å². The molecule has 0 radical (unpaired) electrons. The summed E-state index contributed by atoms with van der Waals surface area (Å²) in [7, 11) is 1.55. The summed E-state index contributed by atoms with van der Waals surface area (Å²) in [6, 6.07) is 5.89. The van der Waals surface area contributed by atoms with Crippen molar-refractivity contribution < 1.29 is 34.1 Å². The highest BCUT2D eigenvalue weighted by atomic mass is 16.5. The number of rotatable bonds is 8. The third-order valence-electron chi connectivity index (χ3n) is 6.62. The van der Waals surface area contributed by atoms with Gasteiger partial charge in [-0.25, -0.2) is 0 Å². The second kappa shape index (κ2) is 7.97. The van der Waals surface area contributed by atoms with Crippen LogP contribution in [0.3, 0.4) is 0 Å². The van der Waals surface area contributed by atoms with Crippen molar-refractivity contribution in [3.8, 4) is 5.75 Å². The van der Waals surface area contributed by atoms with Crippen molar-refractivity contribution in [1.29, 1.82) is 0 Å². The quantitative estimate of drug-likeness (QED) is 0.582. The van der Waals surface area contributed by atoms with Crippen molar-refractivity contribution in [3.05, 3.63) is 36.9 Å². The number of anilines is 1. The zero-order valence-electron chi connectivity index (χ0n) is 17.3. The molecule has 3 fully saturated rings. The Morgan fingerprint density at radius 1 is 1.39 bits per heavy atom. The molecule has 9 heteroatoms. The van der Waals surface area contributed by atoms with Gasteiger partial charge in [0.15, 0.2) is 0 Å². The number of carbonyl (C=O) groups is 3. The van der Waals surface area contributed by atoms with Gasteiger partial charge in [0.2, 0.25) is 5.91 Å². The predicted octanol–water partition coefficient (Wildman–Crippen LogP) is 0.666. The number of methoxy groups -OCH3 is 1. The van der Waals surface area contributed by atoms with E-state index in [-0.39, 0.29) is 25.6 Å². The predicted molar refractivity (Wildman–Crippen MR) is 110 cm³/mol. The molecule has 3 aliphatic rings. The van der Waals surface area contributed by atoms with E-state index < -0.39 is 41.5 Å².